The maximum atomic E-state index is 2.28. The third kappa shape index (κ3) is 17.1. The second kappa shape index (κ2) is 23.5. The summed E-state index contributed by atoms with van der Waals surface area (Å²) < 4.78 is 0. The zero-order chi connectivity index (χ0) is 31.0. The molecular formula is C39H66. The maximum Gasteiger partial charge on any atom is -0.0106 e. The van der Waals surface area contributed by atoms with E-state index in [1.165, 1.54) is 36.0 Å². The molecule has 0 aliphatic rings. The molecule has 39 heavy (non-hydrogen) atoms. The normalized spacial score (nSPS) is 10.2. The van der Waals surface area contributed by atoms with Gasteiger partial charge in [0.1, 0.15) is 0 Å². The van der Waals surface area contributed by atoms with Crippen LogP contribution in [0.4, 0.5) is 0 Å². The Morgan fingerprint density at radius 1 is 0.333 bits per heavy atom. The molecule has 0 heterocycles. The number of benzene rings is 3. The standard InChI is InChI=1S/3C11H16.3C2H6/c3*1-4-11(2,3)10-8-6-5-7-9-10;3*1-2/h3*5-9H,4H2,1-3H3;3*1-2H3. The van der Waals surface area contributed by atoms with Gasteiger partial charge in [0.25, 0.3) is 0 Å². The molecule has 0 saturated heterocycles. The van der Waals surface area contributed by atoms with Gasteiger partial charge in [0.2, 0.25) is 0 Å². The molecule has 0 unspecified atom stereocenters. The smallest absolute Gasteiger partial charge is 0.0106 e. The van der Waals surface area contributed by atoms with Crippen LogP contribution in [0.3, 0.4) is 0 Å². The Kier molecular flexibility index (Phi) is 24.8. The van der Waals surface area contributed by atoms with Gasteiger partial charge in [0.15, 0.2) is 0 Å². The quantitative estimate of drug-likeness (QED) is 0.295. The minimum Gasteiger partial charge on any atom is -0.0683 e. The van der Waals surface area contributed by atoms with E-state index in [0.717, 1.165) is 0 Å². The second-order valence-corrected chi connectivity index (χ2v) is 10.8. The topological polar surface area (TPSA) is 0 Å². The highest BCUT2D eigenvalue weighted by molar-refractivity contribution is 5.24. The summed E-state index contributed by atoms with van der Waals surface area (Å²) in [6.07, 6.45) is 3.57. The van der Waals surface area contributed by atoms with Crippen LogP contribution < -0.4 is 0 Å². The van der Waals surface area contributed by atoms with E-state index in [0.29, 0.717) is 16.2 Å². The van der Waals surface area contributed by atoms with Crippen LogP contribution in [0.2, 0.25) is 0 Å². The lowest BCUT2D eigenvalue weighted by molar-refractivity contribution is 0.506. The average Bonchev–Trinajstić information content (AvgIpc) is 3.02. The van der Waals surface area contributed by atoms with Crippen molar-refractivity contribution in [3.8, 4) is 0 Å². The highest BCUT2D eigenvalue weighted by atomic mass is 14.2. The fourth-order valence-corrected chi connectivity index (χ4v) is 3.28. The lowest BCUT2D eigenvalue weighted by Gasteiger charge is -2.22. The van der Waals surface area contributed by atoms with Gasteiger partial charge in [0, 0.05) is 0 Å². The monoisotopic (exact) mass is 535 g/mol. The van der Waals surface area contributed by atoms with Crippen molar-refractivity contribution in [3.63, 3.8) is 0 Å². The average molecular weight is 535 g/mol. The van der Waals surface area contributed by atoms with Crippen molar-refractivity contribution in [1.82, 2.24) is 0 Å². The van der Waals surface area contributed by atoms with Gasteiger partial charge in [-0.15, -0.1) is 0 Å². The molecule has 0 atom stereocenters. The summed E-state index contributed by atoms with van der Waals surface area (Å²) >= 11 is 0. The van der Waals surface area contributed by atoms with Crippen LogP contribution in [-0.4, -0.2) is 0 Å². The predicted molar refractivity (Wildman–Crippen MR) is 183 cm³/mol. The highest BCUT2D eigenvalue weighted by Gasteiger charge is 2.17. The molecule has 3 rings (SSSR count). The van der Waals surface area contributed by atoms with Crippen molar-refractivity contribution >= 4 is 0 Å². The Morgan fingerprint density at radius 3 is 0.615 bits per heavy atom. The van der Waals surface area contributed by atoms with Crippen LogP contribution >= 0.6 is 0 Å². The molecule has 0 radical (unpaired) electrons. The van der Waals surface area contributed by atoms with Crippen LogP contribution in [0.25, 0.3) is 0 Å². The first-order valence-electron chi connectivity index (χ1n) is 15.7. The largest absolute Gasteiger partial charge is 0.0683 e. The zero-order valence-corrected chi connectivity index (χ0v) is 28.8. The summed E-state index contributed by atoms with van der Waals surface area (Å²) in [7, 11) is 0. The van der Waals surface area contributed by atoms with E-state index in [4.69, 9.17) is 0 Å². The molecule has 0 aromatic heterocycles. The van der Waals surface area contributed by atoms with Crippen LogP contribution in [0.5, 0.6) is 0 Å². The summed E-state index contributed by atoms with van der Waals surface area (Å²) in [6, 6.07) is 32.0. The molecule has 0 fully saturated rings. The van der Waals surface area contributed by atoms with E-state index in [1.807, 2.05) is 41.5 Å². The van der Waals surface area contributed by atoms with Crippen molar-refractivity contribution in [3.05, 3.63) is 108 Å². The van der Waals surface area contributed by atoms with Gasteiger partial charge in [-0.1, -0.05) is 195 Å². The molecule has 3 aromatic carbocycles. The SMILES string of the molecule is CC.CC.CC.CCC(C)(C)c1ccccc1.CCC(C)(C)c1ccccc1.CCC(C)(C)c1ccccc1. The summed E-state index contributed by atoms with van der Waals surface area (Å²) in [5, 5.41) is 0. The first-order chi connectivity index (χ1) is 18.5. The molecule has 3 aromatic rings. The zero-order valence-electron chi connectivity index (χ0n) is 28.8. The van der Waals surface area contributed by atoms with Gasteiger partial charge in [-0.05, 0) is 52.2 Å². The van der Waals surface area contributed by atoms with E-state index in [9.17, 15) is 0 Å². The molecular weight excluding hydrogens is 468 g/mol. The number of rotatable bonds is 6. The first kappa shape index (κ1) is 41.1. The number of hydrogen-bond donors (Lipinski definition) is 0. The number of hydrogen-bond acceptors (Lipinski definition) is 0. The Labute approximate surface area is 246 Å². The third-order valence-corrected chi connectivity index (χ3v) is 7.32. The minimum absolute atomic E-state index is 0.335. The molecule has 222 valence electrons. The molecule has 0 aliphatic carbocycles. The van der Waals surface area contributed by atoms with E-state index >= 15 is 0 Å². The second-order valence-electron chi connectivity index (χ2n) is 10.8. The van der Waals surface area contributed by atoms with Crippen molar-refractivity contribution in [2.24, 2.45) is 0 Å². The van der Waals surface area contributed by atoms with Gasteiger partial charge in [0.05, 0.1) is 0 Å². The van der Waals surface area contributed by atoms with Gasteiger partial charge in [-0.3, -0.25) is 0 Å². The third-order valence-electron chi connectivity index (χ3n) is 7.32. The van der Waals surface area contributed by atoms with Crippen molar-refractivity contribution < 1.29 is 0 Å². The van der Waals surface area contributed by atoms with Gasteiger partial charge in [-0.2, -0.15) is 0 Å². The minimum atomic E-state index is 0.335. The Balaban J connectivity index is -0.000000453. The van der Waals surface area contributed by atoms with E-state index in [-0.39, 0.29) is 0 Å². The molecule has 0 aliphatic heterocycles. The fraction of sp³-hybridized carbons (Fsp3) is 0.538. The molecule has 0 spiro atoms. The molecule has 0 saturated carbocycles. The summed E-state index contributed by atoms with van der Waals surface area (Å²) in [6.45, 7) is 32.4. The summed E-state index contributed by atoms with van der Waals surface area (Å²) in [5.41, 5.74) is 5.30. The molecule has 0 heteroatoms. The Bertz CT molecular complexity index is 749. The van der Waals surface area contributed by atoms with Gasteiger partial charge >= 0.3 is 0 Å². The Morgan fingerprint density at radius 2 is 0.487 bits per heavy atom. The predicted octanol–water partition coefficient (Wildman–Crippen LogP) is 13.2. The van der Waals surface area contributed by atoms with Crippen molar-refractivity contribution in [2.75, 3.05) is 0 Å². The lowest BCUT2D eigenvalue weighted by Crippen LogP contribution is -2.14. The highest BCUT2D eigenvalue weighted by Crippen LogP contribution is 2.27. The van der Waals surface area contributed by atoms with Crippen molar-refractivity contribution in [2.45, 2.75) is 139 Å². The van der Waals surface area contributed by atoms with Crippen LogP contribution in [-0.2, 0) is 16.2 Å². The fourth-order valence-electron chi connectivity index (χ4n) is 3.28. The van der Waals surface area contributed by atoms with Gasteiger partial charge < -0.3 is 0 Å². The maximum absolute atomic E-state index is 2.28. The summed E-state index contributed by atoms with van der Waals surface area (Å²) in [4.78, 5) is 0. The van der Waals surface area contributed by atoms with Crippen LogP contribution in [0.1, 0.15) is 140 Å². The Hall–Kier alpha value is -2.34. The molecule has 0 bridgehead atoms. The summed E-state index contributed by atoms with van der Waals surface area (Å²) in [5.74, 6) is 0. The van der Waals surface area contributed by atoms with E-state index < -0.39 is 0 Å². The molecule has 0 N–H and O–H groups in total. The first-order valence-corrected chi connectivity index (χ1v) is 15.7. The van der Waals surface area contributed by atoms with Crippen LogP contribution in [0, 0.1) is 0 Å². The van der Waals surface area contributed by atoms with Gasteiger partial charge in [-0.25, -0.2) is 0 Å². The van der Waals surface area contributed by atoms with Crippen LogP contribution in [0.15, 0.2) is 91.0 Å². The lowest BCUT2D eigenvalue weighted by atomic mass is 9.82. The van der Waals surface area contributed by atoms with E-state index in [2.05, 4.69) is 153 Å². The molecule has 0 amide bonds. The molecule has 0 nitrogen and oxygen atoms in total. The van der Waals surface area contributed by atoms with Crippen molar-refractivity contribution in [1.29, 1.82) is 0 Å². The van der Waals surface area contributed by atoms with E-state index in [1.54, 1.807) is 0 Å².